The van der Waals surface area contributed by atoms with Crippen molar-refractivity contribution in [1.29, 1.82) is 0 Å². The average molecular weight is 139 g/mol. The first-order valence-electron chi connectivity index (χ1n) is 2.52. The minimum atomic E-state index is -0.895. The topological polar surface area (TPSA) is 12.9 Å². The zero-order chi connectivity index (χ0) is 7.56. The van der Waals surface area contributed by atoms with Crippen LogP contribution in [0.5, 0.6) is 0 Å². The predicted molar refractivity (Wildman–Crippen MR) is 32.1 cm³/mol. The lowest BCUT2D eigenvalue weighted by atomic mass is 10.3. The van der Waals surface area contributed by atoms with Gasteiger partial charge in [-0.3, -0.25) is 0 Å². The van der Waals surface area contributed by atoms with Crippen molar-refractivity contribution in [2.75, 3.05) is 0 Å². The van der Waals surface area contributed by atoms with Gasteiger partial charge in [0.25, 0.3) is 0 Å². The molecule has 1 nitrogen and oxygen atoms in total. The Hall–Kier alpha value is -1.43. The lowest BCUT2D eigenvalue weighted by molar-refractivity contribution is 0.550. The summed E-state index contributed by atoms with van der Waals surface area (Å²) in [5.74, 6) is 0.414. The van der Waals surface area contributed by atoms with Crippen LogP contribution in [-0.4, -0.2) is 4.98 Å². The lowest BCUT2D eigenvalue weighted by Gasteiger charge is -1.90. The Bertz CT molecular complexity index is 268. The van der Waals surface area contributed by atoms with Crippen LogP contribution in [-0.2, 0) is 0 Å². The van der Waals surface area contributed by atoms with Gasteiger partial charge in [-0.1, -0.05) is 5.92 Å². The number of halogens is 2. The summed E-state index contributed by atoms with van der Waals surface area (Å²) in [6.45, 7) is 0. The molecule has 0 fully saturated rings. The maximum absolute atomic E-state index is 12.2. The van der Waals surface area contributed by atoms with Gasteiger partial charge in [0.15, 0.2) is 0 Å². The number of pyridine rings is 1. The van der Waals surface area contributed by atoms with Crippen LogP contribution < -0.4 is 0 Å². The van der Waals surface area contributed by atoms with Crippen LogP contribution in [0.2, 0.25) is 0 Å². The third-order valence-electron chi connectivity index (χ3n) is 0.907. The van der Waals surface area contributed by atoms with E-state index in [1.165, 1.54) is 0 Å². The van der Waals surface area contributed by atoms with E-state index in [4.69, 9.17) is 6.42 Å². The molecule has 0 aliphatic heterocycles. The van der Waals surface area contributed by atoms with Crippen LogP contribution in [0.3, 0.4) is 0 Å². The van der Waals surface area contributed by atoms with Gasteiger partial charge in [0.2, 0.25) is 5.95 Å². The molecule has 1 aromatic heterocycles. The molecule has 0 aromatic carbocycles. The van der Waals surface area contributed by atoms with Crippen molar-refractivity contribution in [3.8, 4) is 12.3 Å². The molecule has 3 heteroatoms. The zero-order valence-electron chi connectivity index (χ0n) is 4.94. The van der Waals surface area contributed by atoms with Crippen LogP contribution >= 0.6 is 0 Å². The molecule has 1 heterocycles. The molecule has 0 amide bonds. The highest BCUT2D eigenvalue weighted by atomic mass is 19.1. The van der Waals surface area contributed by atoms with Gasteiger partial charge in [0, 0.05) is 12.1 Å². The van der Waals surface area contributed by atoms with Crippen LogP contribution in [0.25, 0.3) is 0 Å². The highest BCUT2D eigenvalue weighted by molar-refractivity contribution is 5.24. The monoisotopic (exact) mass is 139 g/mol. The molecule has 0 atom stereocenters. The van der Waals surface area contributed by atoms with Gasteiger partial charge in [-0.05, 0) is 0 Å². The first-order chi connectivity index (χ1) is 4.72. The molecule has 1 aromatic rings. The summed E-state index contributed by atoms with van der Waals surface area (Å²) >= 11 is 0. The molecule has 0 aliphatic rings. The van der Waals surface area contributed by atoms with E-state index >= 15 is 0 Å². The minimum Gasteiger partial charge on any atom is -0.211 e. The fourth-order valence-corrected chi connectivity index (χ4v) is 0.540. The molecule has 0 unspecified atom stereocenters. The molecule has 0 spiro atoms. The van der Waals surface area contributed by atoms with E-state index in [-0.39, 0.29) is 5.69 Å². The highest BCUT2D eigenvalue weighted by Gasteiger charge is 1.97. The molecule has 0 bridgehead atoms. The molecule has 0 radical (unpaired) electrons. The number of nitrogens with zero attached hydrogens (tertiary/aromatic N) is 1. The first kappa shape index (κ1) is 6.69. The Morgan fingerprint density at radius 3 is 2.60 bits per heavy atom. The van der Waals surface area contributed by atoms with E-state index in [1.807, 2.05) is 5.92 Å². The van der Waals surface area contributed by atoms with Gasteiger partial charge in [0.1, 0.15) is 11.5 Å². The second-order valence-electron chi connectivity index (χ2n) is 1.64. The van der Waals surface area contributed by atoms with Crippen molar-refractivity contribution in [1.82, 2.24) is 4.98 Å². The van der Waals surface area contributed by atoms with Crippen molar-refractivity contribution in [3.05, 3.63) is 29.6 Å². The molecule has 0 saturated carbocycles. The normalized spacial score (nSPS) is 8.90. The van der Waals surface area contributed by atoms with Gasteiger partial charge >= 0.3 is 0 Å². The van der Waals surface area contributed by atoms with Gasteiger partial charge in [-0.2, -0.15) is 4.39 Å². The summed E-state index contributed by atoms with van der Waals surface area (Å²) in [5, 5.41) is 0. The average Bonchev–Trinajstić information content (AvgIpc) is 1.85. The van der Waals surface area contributed by atoms with Crippen molar-refractivity contribution < 1.29 is 8.78 Å². The third kappa shape index (κ3) is 1.29. The molecular weight excluding hydrogens is 136 g/mol. The SMILES string of the molecule is C#Cc1cc(F)cc(F)n1. The minimum absolute atomic E-state index is 0.0301. The second kappa shape index (κ2) is 2.44. The first-order valence-corrected chi connectivity index (χ1v) is 2.52. The van der Waals surface area contributed by atoms with E-state index in [9.17, 15) is 8.78 Å². The quantitative estimate of drug-likeness (QED) is 0.390. The van der Waals surface area contributed by atoms with Crippen LogP contribution in [0.1, 0.15) is 5.69 Å². The summed E-state index contributed by atoms with van der Waals surface area (Å²) in [4.78, 5) is 3.21. The standard InChI is InChI=1S/C7H3F2N/c1-2-6-3-5(8)4-7(9)10-6/h1,3-4H. The lowest BCUT2D eigenvalue weighted by Crippen LogP contribution is -1.88. The van der Waals surface area contributed by atoms with Crippen LogP contribution in [0.4, 0.5) is 8.78 Å². The summed E-state index contributed by atoms with van der Waals surface area (Å²) in [6, 6.07) is 1.66. The largest absolute Gasteiger partial charge is 0.216 e. The Morgan fingerprint density at radius 2 is 2.10 bits per heavy atom. The fraction of sp³-hybridized carbons (Fsp3) is 0. The Balaban J connectivity index is 3.22. The summed E-state index contributed by atoms with van der Waals surface area (Å²) in [7, 11) is 0. The van der Waals surface area contributed by atoms with E-state index in [0.717, 1.165) is 6.07 Å². The van der Waals surface area contributed by atoms with E-state index < -0.39 is 11.8 Å². The van der Waals surface area contributed by atoms with E-state index in [2.05, 4.69) is 4.98 Å². The molecule has 50 valence electrons. The zero-order valence-corrected chi connectivity index (χ0v) is 4.94. The summed E-state index contributed by atoms with van der Waals surface area (Å²) in [6.07, 6.45) is 4.84. The van der Waals surface area contributed by atoms with Gasteiger partial charge in [-0.15, -0.1) is 6.42 Å². The third-order valence-corrected chi connectivity index (χ3v) is 0.907. The van der Waals surface area contributed by atoms with Crippen LogP contribution in [0.15, 0.2) is 12.1 Å². The Morgan fingerprint density at radius 1 is 1.40 bits per heavy atom. The second-order valence-corrected chi connectivity index (χ2v) is 1.64. The summed E-state index contributed by atoms with van der Waals surface area (Å²) in [5.41, 5.74) is -0.0301. The van der Waals surface area contributed by atoms with Gasteiger partial charge in [0.05, 0.1) is 0 Å². The van der Waals surface area contributed by atoms with Crippen molar-refractivity contribution in [2.24, 2.45) is 0 Å². The van der Waals surface area contributed by atoms with Crippen molar-refractivity contribution in [3.63, 3.8) is 0 Å². The molecular formula is C7H3F2N. The smallest absolute Gasteiger partial charge is 0.211 e. The van der Waals surface area contributed by atoms with Crippen molar-refractivity contribution in [2.45, 2.75) is 0 Å². The van der Waals surface area contributed by atoms with Crippen LogP contribution in [0, 0.1) is 24.1 Å². The van der Waals surface area contributed by atoms with E-state index in [0.29, 0.717) is 6.07 Å². The Kier molecular flexibility index (Phi) is 1.63. The number of aromatic nitrogens is 1. The predicted octanol–water partition coefficient (Wildman–Crippen LogP) is 1.34. The molecule has 0 aliphatic carbocycles. The maximum atomic E-state index is 12.2. The van der Waals surface area contributed by atoms with Crippen molar-refractivity contribution >= 4 is 0 Å². The Labute approximate surface area is 56.7 Å². The maximum Gasteiger partial charge on any atom is 0.216 e. The fourth-order valence-electron chi connectivity index (χ4n) is 0.540. The number of rotatable bonds is 0. The van der Waals surface area contributed by atoms with Gasteiger partial charge < -0.3 is 0 Å². The molecule has 0 N–H and O–H groups in total. The molecule has 0 saturated heterocycles. The van der Waals surface area contributed by atoms with Gasteiger partial charge in [-0.25, -0.2) is 9.37 Å². The number of terminal acetylenes is 1. The summed E-state index contributed by atoms with van der Waals surface area (Å²) < 4.78 is 24.4. The molecule has 1 rings (SSSR count). The molecule has 10 heavy (non-hydrogen) atoms. The van der Waals surface area contributed by atoms with E-state index in [1.54, 1.807) is 0 Å². The highest BCUT2D eigenvalue weighted by Crippen LogP contribution is 2.01. The number of hydrogen-bond acceptors (Lipinski definition) is 1. The number of hydrogen-bond donors (Lipinski definition) is 0.